The molecule has 1 aromatic heterocycles. The van der Waals surface area contributed by atoms with Crippen LogP contribution in [0.3, 0.4) is 0 Å². The van der Waals surface area contributed by atoms with Crippen LogP contribution in [0.4, 0.5) is 5.82 Å². The lowest BCUT2D eigenvalue weighted by molar-refractivity contribution is 0.268. The molecule has 1 heterocycles. The van der Waals surface area contributed by atoms with Gasteiger partial charge in [-0.1, -0.05) is 0 Å². The van der Waals surface area contributed by atoms with Gasteiger partial charge < -0.3 is 16.6 Å². The van der Waals surface area contributed by atoms with Crippen molar-refractivity contribution >= 4 is 5.82 Å². The summed E-state index contributed by atoms with van der Waals surface area (Å²) < 4.78 is 0. The lowest BCUT2D eigenvalue weighted by Gasteiger charge is -2.07. The highest BCUT2D eigenvalue weighted by Crippen LogP contribution is 2.10. The van der Waals surface area contributed by atoms with Crippen LogP contribution >= 0.6 is 0 Å². The van der Waals surface area contributed by atoms with Gasteiger partial charge in [0.15, 0.2) is 0 Å². The van der Waals surface area contributed by atoms with Crippen LogP contribution in [0.1, 0.15) is 11.6 Å². The molecule has 1 atom stereocenters. The monoisotopic (exact) mass is 153 g/mol. The molecule has 4 nitrogen and oxygen atoms in total. The second-order valence-corrected chi connectivity index (χ2v) is 2.30. The second-order valence-electron chi connectivity index (χ2n) is 2.30. The summed E-state index contributed by atoms with van der Waals surface area (Å²) >= 11 is 0. The van der Waals surface area contributed by atoms with E-state index in [1.165, 1.54) is 0 Å². The number of nitrogens with two attached hydrogens (primary N) is 2. The lowest BCUT2D eigenvalue weighted by atomic mass is 10.1. The van der Waals surface area contributed by atoms with Crippen molar-refractivity contribution in [3.8, 4) is 0 Å². The number of aliphatic hydroxyl groups is 1. The third-order valence-corrected chi connectivity index (χ3v) is 1.43. The van der Waals surface area contributed by atoms with Crippen molar-refractivity contribution < 1.29 is 5.11 Å². The predicted octanol–water partition coefficient (Wildman–Crippen LogP) is -0.344. The van der Waals surface area contributed by atoms with Gasteiger partial charge in [0, 0.05) is 6.20 Å². The van der Waals surface area contributed by atoms with E-state index in [1.807, 2.05) is 0 Å². The summed E-state index contributed by atoms with van der Waals surface area (Å²) in [6, 6.07) is 3.03. The Hall–Kier alpha value is -1.13. The van der Waals surface area contributed by atoms with E-state index in [2.05, 4.69) is 4.98 Å². The molecule has 0 unspecified atom stereocenters. The van der Waals surface area contributed by atoms with Crippen LogP contribution in [0.25, 0.3) is 0 Å². The molecule has 0 saturated heterocycles. The lowest BCUT2D eigenvalue weighted by Crippen LogP contribution is -2.14. The van der Waals surface area contributed by atoms with Gasteiger partial charge in [-0.15, -0.1) is 0 Å². The molecule has 0 aliphatic rings. The van der Waals surface area contributed by atoms with Gasteiger partial charge in [-0.25, -0.2) is 4.98 Å². The topological polar surface area (TPSA) is 85.2 Å². The van der Waals surface area contributed by atoms with Crippen molar-refractivity contribution in [2.45, 2.75) is 6.04 Å². The fourth-order valence-corrected chi connectivity index (χ4v) is 0.802. The van der Waals surface area contributed by atoms with Gasteiger partial charge in [-0.05, 0) is 17.7 Å². The smallest absolute Gasteiger partial charge is 0.123 e. The average molecular weight is 153 g/mol. The van der Waals surface area contributed by atoms with E-state index in [1.54, 1.807) is 18.3 Å². The van der Waals surface area contributed by atoms with Gasteiger partial charge in [0.2, 0.25) is 0 Å². The zero-order valence-electron chi connectivity index (χ0n) is 6.07. The quantitative estimate of drug-likeness (QED) is 0.542. The Bertz CT molecular complexity index is 239. The maximum atomic E-state index is 8.69. The highest BCUT2D eigenvalue weighted by molar-refractivity contribution is 5.33. The SMILES string of the molecule is Nc1cc([C@H](N)CO)ccn1. The van der Waals surface area contributed by atoms with E-state index in [0.29, 0.717) is 5.82 Å². The molecule has 0 aliphatic heterocycles. The number of aliphatic hydroxyl groups excluding tert-OH is 1. The Balaban J connectivity index is 2.86. The van der Waals surface area contributed by atoms with Crippen molar-refractivity contribution in [2.75, 3.05) is 12.3 Å². The standard InChI is InChI=1S/C7H11N3O/c8-6(4-11)5-1-2-10-7(9)3-5/h1-3,6,11H,4,8H2,(H2,9,10)/t6-/m1/s1. The summed E-state index contributed by atoms with van der Waals surface area (Å²) in [6.45, 7) is -0.0799. The minimum atomic E-state index is -0.361. The first kappa shape index (κ1) is 7.97. The van der Waals surface area contributed by atoms with E-state index in [0.717, 1.165) is 5.56 Å². The minimum absolute atomic E-state index is 0.0799. The van der Waals surface area contributed by atoms with Crippen LogP contribution in [0.15, 0.2) is 18.3 Å². The molecule has 0 amide bonds. The molecule has 11 heavy (non-hydrogen) atoms. The summed E-state index contributed by atoms with van der Waals surface area (Å²) in [6.07, 6.45) is 1.57. The number of hydrogen-bond acceptors (Lipinski definition) is 4. The van der Waals surface area contributed by atoms with Crippen molar-refractivity contribution in [2.24, 2.45) is 5.73 Å². The van der Waals surface area contributed by atoms with Crippen LogP contribution < -0.4 is 11.5 Å². The largest absolute Gasteiger partial charge is 0.394 e. The summed E-state index contributed by atoms with van der Waals surface area (Å²) in [7, 11) is 0. The Labute approximate surface area is 64.9 Å². The van der Waals surface area contributed by atoms with Crippen molar-refractivity contribution in [1.29, 1.82) is 0 Å². The Morgan fingerprint density at radius 3 is 2.91 bits per heavy atom. The molecular weight excluding hydrogens is 142 g/mol. The zero-order valence-corrected chi connectivity index (χ0v) is 6.07. The van der Waals surface area contributed by atoms with Crippen molar-refractivity contribution in [1.82, 2.24) is 4.98 Å². The van der Waals surface area contributed by atoms with Crippen LogP contribution in [-0.4, -0.2) is 16.7 Å². The molecule has 0 bridgehead atoms. The van der Waals surface area contributed by atoms with Crippen LogP contribution in [0, 0.1) is 0 Å². The summed E-state index contributed by atoms with van der Waals surface area (Å²) in [5.74, 6) is 0.423. The maximum absolute atomic E-state index is 8.69. The zero-order chi connectivity index (χ0) is 8.27. The molecule has 5 N–H and O–H groups in total. The second kappa shape index (κ2) is 3.32. The Kier molecular flexibility index (Phi) is 2.40. The molecule has 0 spiro atoms. The van der Waals surface area contributed by atoms with Gasteiger partial charge in [-0.3, -0.25) is 0 Å². The molecule has 0 fully saturated rings. The molecule has 4 heteroatoms. The number of rotatable bonds is 2. The van der Waals surface area contributed by atoms with E-state index in [9.17, 15) is 0 Å². The van der Waals surface area contributed by atoms with E-state index >= 15 is 0 Å². The molecule has 0 aromatic carbocycles. The number of nitrogen functional groups attached to an aromatic ring is 1. The van der Waals surface area contributed by atoms with Crippen LogP contribution in [-0.2, 0) is 0 Å². The fraction of sp³-hybridized carbons (Fsp3) is 0.286. The summed E-state index contributed by atoms with van der Waals surface area (Å²) in [4.78, 5) is 3.80. The highest BCUT2D eigenvalue weighted by Gasteiger charge is 2.03. The van der Waals surface area contributed by atoms with Gasteiger partial charge in [0.05, 0.1) is 12.6 Å². The van der Waals surface area contributed by atoms with E-state index in [-0.39, 0.29) is 12.6 Å². The molecule has 60 valence electrons. The number of hydrogen-bond donors (Lipinski definition) is 3. The van der Waals surface area contributed by atoms with Crippen molar-refractivity contribution in [3.63, 3.8) is 0 Å². The first-order chi connectivity index (χ1) is 5.24. The Morgan fingerprint density at radius 1 is 1.64 bits per heavy atom. The number of pyridine rings is 1. The van der Waals surface area contributed by atoms with Gasteiger partial charge in [0.1, 0.15) is 5.82 Å². The molecule has 1 aromatic rings. The average Bonchev–Trinajstić information content (AvgIpc) is 2.03. The first-order valence-corrected chi connectivity index (χ1v) is 3.32. The molecule has 0 radical (unpaired) electrons. The normalized spacial score (nSPS) is 12.9. The summed E-state index contributed by atoms with van der Waals surface area (Å²) in [5, 5.41) is 8.69. The van der Waals surface area contributed by atoms with Gasteiger partial charge >= 0.3 is 0 Å². The van der Waals surface area contributed by atoms with Crippen molar-refractivity contribution in [3.05, 3.63) is 23.9 Å². The van der Waals surface area contributed by atoms with Gasteiger partial charge in [-0.2, -0.15) is 0 Å². The number of anilines is 1. The van der Waals surface area contributed by atoms with E-state index < -0.39 is 0 Å². The molecule has 1 rings (SSSR count). The predicted molar refractivity (Wildman–Crippen MR) is 42.7 cm³/mol. The number of aromatic nitrogens is 1. The summed E-state index contributed by atoms with van der Waals surface area (Å²) in [5.41, 5.74) is 11.7. The highest BCUT2D eigenvalue weighted by atomic mass is 16.3. The molecular formula is C7H11N3O. The maximum Gasteiger partial charge on any atom is 0.123 e. The molecule has 0 aliphatic carbocycles. The number of nitrogens with zero attached hydrogens (tertiary/aromatic N) is 1. The first-order valence-electron chi connectivity index (χ1n) is 3.32. The van der Waals surface area contributed by atoms with Crippen LogP contribution in [0.2, 0.25) is 0 Å². The fourth-order valence-electron chi connectivity index (χ4n) is 0.802. The third-order valence-electron chi connectivity index (χ3n) is 1.43. The van der Waals surface area contributed by atoms with Gasteiger partial charge in [0.25, 0.3) is 0 Å². The molecule has 0 saturated carbocycles. The van der Waals surface area contributed by atoms with Crippen LogP contribution in [0.5, 0.6) is 0 Å². The Morgan fingerprint density at radius 2 is 2.36 bits per heavy atom. The van der Waals surface area contributed by atoms with E-state index in [4.69, 9.17) is 16.6 Å². The minimum Gasteiger partial charge on any atom is -0.394 e. The third kappa shape index (κ3) is 1.89.